The van der Waals surface area contributed by atoms with E-state index in [0.29, 0.717) is 5.92 Å². The third-order valence-corrected chi connectivity index (χ3v) is 4.83. The zero-order chi connectivity index (χ0) is 17.4. The van der Waals surface area contributed by atoms with E-state index in [9.17, 15) is 4.79 Å². The highest BCUT2D eigenvalue weighted by Gasteiger charge is 2.27. The van der Waals surface area contributed by atoms with Crippen molar-refractivity contribution in [1.29, 1.82) is 0 Å². The molecule has 1 aliphatic rings. The predicted octanol–water partition coefficient (Wildman–Crippen LogP) is 3.49. The molecular weight excluding hydrogens is 312 g/mol. The highest BCUT2D eigenvalue weighted by atomic mass is 16.2. The van der Waals surface area contributed by atoms with Crippen molar-refractivity contribution in [2.75, 3.05) is 0 Å². The Morgan fingerprint density at radius 2 is 2.04 bits per heavy atom. The van der Waals surface area contributed by atoms with E-state index in [1.807, 2.05) is 50.4 Å². The van der Waals surface area contributed by atoms with Gasteiger partial charge in [0.25, 0.3) is 0 Å². The molecule has 4 rings (SSSR count). The molecule has 1 atom stereocenters. The largest absolute Gasteiger partial charge is 0.348 e. The Labute approximate surface area is 147 Å². The Hall–Kier alpha value is -2.69. The molecule has 2 aromatic heterocycles. The lowest BCUT2D eigenvalue weighted by Gasteiger charge is -2.14. The van der Waals surface area contributed by atoms with Crippen molar-refractivity contribution in [3.8, 4) is 0 Å². The molecule has 0 aliphatic heterocycles. The average Bonchev–Trinajstić information content (AvgIpc) is 3.41. The maximum absolute atomic E-state index is 12.5. The third kappa shape index (κ3) is 3.14. The number of fused-ring (bicyclic) bond motifs is 1. The summed E-state index contributed by atoms with van der Waals surface area (Å²) in [6.45, 7) is 4.17. The first-order valence-corrected chi connectivity index (χ1v) is 8.80. The average molecular weight is 334 g/mol. The van der Waals surface area contributed by atoms with Crippen molar-refractivity contribution in [1.82, 2.24) is 20.1 Å². The highest BCUT2D eigenvalue weighted by molar-refractivity contribution is 5.85. The molecule has 5 nitrogen and oxygen atoms in total. The van der Waals surface area contributed by atoms with Gasteiger partial charge in [0.05, 0.1) is 11.7 Å². The SMILES string of the molecule is Cc1nn(CC(=O)NC(C)c2ccccc2)c2nccc(C3CC3)c12. The number of amides is 1. The summed E-state index contributed by atoms with van der Waals surface area (Å²) in [6.07, 6.45) is 4.30. The number of carbonyl (C=O) groups is 1. The summed E-state index contributed by atoms with van der Waals surface area (Å²) in [5.41, 5.74) is 4.18. The molecule has 2 heterocycles. The molecule has 1 aliphatic carbocycles. The summed E-state index contributed by atoms with van der Waals surface area (Å²) in [5, 5.41) is 8.73. The van der Waals surface area contributed by atoms with Crippen molar-refractivity contribution >= 4 is 16.9 Å². The van der Waals surface area contributed by atoms with Crippen molar-refractivity contribution < 1.29 is 4.79 Å². The molecule has 0 bridgehead atoms. The molecule has 1 fully saturated rings. The van der Waals surface area contributed by atoms with Crippen LogP contribution >= 0.6 is 0 Å². The van der Waals surface area contributed by atoms with Gasteiger partial charge in [0.15, 0.2) is 5.65 Å². The summed E-state index contributed by atoms with van der Waals surface area (Å²) < 4.78 is 1.73. The van der Waals surface area contributed by atoms with E-state index in [0.717, 1.165) is 22.3 Å². The highest BCUT2D eigenvalue weighted by Crippen LogP contribution is 2.43. The fourth-order valence-corrected chi connectivity index (χ4v) is 3.40. The van der Waals surface area contributed by atoms with E-state index in [4.69, 9.17) is 0 Å². The Morgan fingerprint density at radius 3 is 2.76 bits per heavy atom. The van der Waals surface area contributed by atoms with Crippen LogP contribution in [0.3, 0.4) is 0 Å². The molecule has 3 aromatic rings. The Morgan fingerprint density at radius 1 is 1.28 bits per heavy atom. The van der Waals surface area contributed by atoms with Gasteiger partial charge in [0.2, 0.25) is 5.91 Å². The van der Waals surface area contributed by atoms with Crippen molar-refractivity contribution in [2.24, 2.45) is 0 Å². The first kappa shape index (κ1) is 15.8. The molecule has 25 heavy (non-hydrogen) atoms. The minimum atomic E-state index is -0.0561. The standard InChI is InChI=1S/C20H22N4O/c1-13(15-6-4-3-5-7-15)22-18(25)12-24-20-19(14(2)23-24)17(10-11-21-20)16-8-9-16/h3-7,10-11,13,16H,8-9,12H2,1-2H3,(H,22,25). The summed E-state index contributed by atoms with van der Waals surface area (Å²) in [4.78, 5) is 17.0. The molecule has 128 valence electrons. The maximum Gasteiger partial charge on any atom is 0.242 e. The van der Waals surface area contributed by atoms with Gasteiger partial charge in [-0.1, -0.05) is 30.3 Å². The summed E-state index contributed by atoms with van der Waals surface area (Å²) in [7, 11) is 0. The van der Waals surface area contributed by atoms with Gasteiger partial charge < -0.3 is 5.32 Å². The lowest BCUT2D eigenvalue weighted by Crippen LogP contribution is -2.30. The van der Waals surface area contributed by atoms with Crippen LogP contribution < -0.4 is 5.32 Å². The number of hydrogen-bond acceptors (Lipinski definition) is 3. The summed E-state index contributed by atoms with van der Waals surface area (Å²) in [6, 6.07) is 12.0. The number of aryl methyl sites for hydroxylation is 1. The number of nitrogens with one attached hydrogen (secondary N) is 1. The number of nitrogens with zero attached hydrogens (tertiary/aromatic N) is 3. The minimum absolute atomic E-state index is 0.0355. The van der Waals surface area contributed by atoms with Crippen LogP contribution in [-0.2, 0) is 11.3 Å². The van der Waals surface area contributed by atoms with Gasteiger partial charge in [-0.15, -0.1) is 0 Å². The predicted molar refractivity (Wildman–Crippen MR) is 97.2 cm³/mol. The monoisotopic (exact) mass is 334 g/mol. The zero-order valence-corrected chi connectivity index (χ0v) is 14.6. The van der Waals surface area contributed by atoms with Gasteiger partial charge in [-0.3, -0.25) is 4.79 Å². The summed E-state index contributed by atoms with van der Waals surface area (Å²) in [5.74, 6) is 0.577. The molecule has 5 heteroatoms. The van der Waals surface area contributed by atoms with E-state index < -0.39 is 0 Å². The van der Waals surface area contributed by atoms with Crippen LogP contribution in [0.5, 0.6) is 0 Å². The Kier molecular flexibility index (Phi) is 3.99. The molecule has 1 aromatic carbocycles. The van der Waals surface area contributed by atoms with Crippen molar-refractivity contribution in [3.05, 3.63) is 59.4 Å². The van der Waals surface area contributed by atoms with Crippen LogP contribution in [-0.4, -0.2) is 20.7 Å². The zero-order valence-electron chi connectivity index (χ0n) is 14.6. The topological polar surface area (TPSA) is 59.8 Å². The molecule has 0 saturated heterocycles. The quantitative estimate of drug-likeness (QED) is 0.777. The van der Waals surface area contributed by atoms with Crippen LogP contribution in [0.1, 0.15) is 48.5 Å². The number of hydrogen-bond donors (Lipinski definition) is 1. The van der Waals surface area contributed by atoms with Gasteiger partial charge in [-0.05, 0) is 49.8 Å². The van der Waals surface area contributed by atoms with Gasteiger partial charge in [-0.25, -0.2) is 9.67 Å². The van der Waals surface area contributed by atoms with Crippen LogP contribution in [0.25, 0.3) is 11.0 Å². The van der Waals surface area contributed by atoms with E-state index in [1.165, 1.54) is 18.4 Å². The number of benzene rings is 1. The molecule has 1 amide bonds. The first-order chi connectivity index (χ1) is 12.1. The molecule has 1 unspecified atom stereocenters. The maximum atomic E-state index is 12.5. The second-order valence-electron chi connectivity index (χ2n) is 6.82. The Balaban J connectivity index is 1.54. The molecule has 1 saturated carbocycles. The normalized spacial score (nSPS) is 15.3. The number of carbonyl (C=O) groups excluding carboxylic acids is 1. The van der Waals surface area contributed by atoms with Gasteiger partial charge in [-0.2, -0.15) is 5.10 Å². The van der Waals surface area contributed by atoms with Gasteiger partial charge in [0, 0.05) is 11.6 Å². The molecule has 0 radical (unpaired) electrons. The van der Waals surface area contributed by atoms with Gasteiger partial charge >= 0.3 is 0 Å². The van der Waals surface area contributed by atoms with Crippen LogP contribution in [0.2, 0.25) is 0 Å². The summed E-state index contributed by atoms with van der Waals surface area (Å²) >= 11 is 0. The lowest BCUT2D eigenvalue weighted by molar-refractivity contribution is -0.122. The van der Waals surface area contributed by atoms with Crippen LogP contribution in [0, 0.1) is 6.92 Å². The Bertz CT molecular complexity index is 912. The fraction of sp³-hybridized carbons (Fsp3) is 0.350. The molecular formula is C20H22N4O. The fourth-order valence-electron chi connectivity index (χ4n) is 3.40. The van der Waals surface area contributed by atoms with Crippen molar-refractivity contribution in [2.45, 2.75) is 45.2 Å². The molecule has 1 N–H and O–H groups in total. The second kappa shape index (κ2) is 6.31. The first-order valence-electron chi connectivity index (χ1n) is 8.80. The number of rotatable bonds is 5. The number of aromatic nitrogens is 3. The van der Waals surface area contributed by atoms with Gasteiger partial charge in [0.1, 0.15) is 6.54 Å². The van der Waals surface area contributed by atoms with Crippen molar-refractivity contribution in [3.63, 3.8) is 0 Å². The number of pyridine rings is 1. The van der Waals surface area contributed by atoms with Crippen LogP contribution in [0.15, 0.2) is 42.6 Å². The smallest absolute Gasteiger partial charge is 0.242 e. The van der Waals surface area contributed by atoms with E-state index >= 15 is 0 Å². The second-order valence-corrected chi connectivity index (χ2v) is 6.82. The third-order valence-electron chi connectivity index (χ3n) is 4.83. The van der Waals surface area contributed by atoms with E-state index in [1.54, 1.807) is 4.68 Å². The van der Waals surface area contributed by atoms with E-state index in [2.05, 4.69) is 21.5 Å². The lowest BCUT2D eigenvalue weighted by atomic mass is 10.1. The minimum Gasteiger partial charge on any atom is -0.348 e. The van der Waals surface area contributed by atoms with E-state index in [-0.39, 0.29) is 18.5 Å². The molecule has 0 spiro atoms. The van der Waals surface area contributed by atoms with Crippen LogP contribution in [0.4, 0.5) is 0 Å².